The highest BCUT2D eigenvalue weighted by molar-refractivity contribution is 5.89. The molecule has 0 spiro atoms. The van der Waals surface area contributed by atoms with Gasteiger partial charge in [0, 0.05) is 43.1 Å². The third kappa shape index (κ3) is 8.82. The van der Waals surface area contributed by atoms with Gasteiger partial charge in [-0.15, -0.1) is 0 Å². The van der Waals surface area contributed by atoms with E-state index in [1.165, 1.54) is 4.90 Å². The first kappa shape index (κ1) is 32.7. The minimum Gasteiger partial charge on any atom is -0.458 e. The molecule has 18 heteroatoms. The molecule has 2 N–H and O–H groups in total. The van der Waals surface area contributed by atoms with Gasteiger partial charge in [-0.1, -0.05) is 5.11 Å². The van der Waals surface area contributed by atoms with Crippen molar-refractivity contribution in [2.75, 3.05) is 46.1 Å². The molecule has 0 radical (unpaired) electrons. The number of nitrogens with two attached hydrogens (primary N) is 1. The molecule has 1 aliphatic rings. The minimum atomic E-state index is -4.89. The molecule has 0 saturated heterocycles. The third-order valence-electron chi connectivity index (χ3n) is 6.05. The summed E-state index contributed by atoms with van der Waals surface area (Å²) < 4.78 is 97.6. The molecular formula is C24H27F6N7O5. The lowest BCUT2D eigenvalue weighted by molar-refractivity contribution is -0.148. The Balaban J connectivity index is 1.59. The van der Waals surface area contributed by atoms with Crippen molar-refractivity contribution < 1.29 is 50.1 Å². The number of benzene rings is 1. The van der Waals surface area contributed by atoms with Gasteiger partial charge in [0.2, 0.25) is 11.7 Å². The number of fused-ring (bicyclic) bond motifs is 1. The number of nitrogens with zero attached hydrogens (tertiary/aromatic N) is 6. The Morgan fingerprint density at radius 2 is 1.71 bits per heavy atom. The van der Waals surface area contributed by atoms with Gasteiger partial charge in [-0.3, -0.25) is 4.79 Å². The summed E-state index contributed by atoms with van der Waals surface area (Å²) >= 11 is 0. The van der Waals surface area contributed by atoms with Crippen LogP contribution in [0.1, 0.15) is 34.0 Å². The van der Waals surface area contributed by atoms with Crippen molar-refractivity contribution in [2.24, 2.45) is 10.8 Å². The highest BCUT2D eigenvalue weighted by atomic mass is 19.4. The van der Waals surface area contributed by atoms with Crippen molar-refractivity contribution in [1.29, 1.82) is 0 Å². The Morgan fingerprint density at radius 1 is 1.05 bits per heavy atom. The number of imidazole rings is 1. The second-order valence-electron chi connectivity index (χ2n) is 9.04. The van der Waals surface area contributed by atoms with Crippen LogP contribution in [-0.4, -0.2) is 78.5 Å². The van der Waals surface area contributed by atoms with Crippen molar-refractivity contribution in [3.05, 3.63) is 62.8 Å². The van der Waals surface area contributed by atoms with Crippen LogP contribution in [0.2, 0.25) is 0 Å². The quantitative estimate of drug-likeness (QED) is 0.0658. The normalized spacial score (nSPS) is 13.8. The number of azide groups is 1. The molecule has 2 aromatic rings. The number of amides is 1. The number of rotatable bonds is 14. The Kier molecular flexibility index (Phi) is 11.6. The summed E-state index contributed by atoms with van der Waals surface area (Å²) in [4.78, 5) is 32.7. The maximum atomic E-state index is 14.0. The number of ether oxygens (including phenoxy) is 3. The predicted molar refractivity (Wildman–Crippen MR) is 131 cm³/mol. The second kappa shape index (κ2) is 14.9. The van der Waals surface area contributed by atoms with E-state index in [2.05, 4.69) is 15.0 Å². The van der Waals surface area contributed by atoms with Gasteiger partial charge in [-0.2, -0.15) is 13.2 Å². The Bertz CT molecular complexity index is 1320. The molecule has 1 aliphatic heterocycles. The standard InChI is InChI=1S/C24H27F6N7O5/c25-16-12-18(27)17(26)10-14(16)9-15(31)11-20(38)36-2-3-37-19(13-36)21(34-23(37)24(28,29)30)22(39)42-8-7-41-6-5-40-4-1-33-35-32/h10,12,15H,1-9,11,13,31H2/t15-/m1/s1. The van der Waals surface area contributed by atoms with E-state index in [9.17, 15) is 35.9 Å². The third-order valence-corrected chi connectivity index (χ3v) is 6.05. The first-order chi connectivity index (χ1) is 19.9. The minimum absolute atomic E-state index is 0.0886. The zero-order valence-corrected chi connectivity index (χ0v) is 22.1. The van der Waals surface area contributed by atoms with Gasteiger partial charge in [-0.25, -0.2) is 22.9 Å². The van der Waals surface area contributed by atoms with Crippen molar-refractivity contribution in [1.82, 2.24) is 14.5 Å². The zero-order valence-electron chi connectivity index (χ0n) is 22.1. The summed E-state index contributed by atoms with van der Waals surface area (Å²) in [6, 6.07) is -0.0189. The van der Waals surface area contributed by atoms with Crippen LogP contribution >= 0.6 is 0 Å². The molecule has 0 saturated carbocycles. The Hall–Kier alpha value is -3.86. The highest BCUT2D eigenvalue weighted by Crippen LogP contribution is 2.32. The summed E-state index contributed by atoms with van der Waals surface area (Å²) in [5.74, 6) is -6.78. The fourth-order valence-electron chi connectivity index (χ4n) is 4.12. The summed E-state index contributed by atoms with van der Waals surface area (Å²) in [6.07, 6.45) is -5.58. The number of aromatic nitrogens is 2. The molecule has 230 valence electrons. The fraction of sp³-hybridized carbons (Fsp3) is 0.542. The lowest BCUT2D eigenvalue weighted by Crippen LogP contribution is -2.42. The van der Waals surface area contributed by atoms with Gasteiger partial charge < -0.3 is 29.4 Å². The molecule has 12 nitrogen and oxygen atoms in total. The largest absolute Gasteiger partial charge is 0.458 e. The molecule has 1 atom stereocenters. The molecule has 0 aliphatic carbocycles. The molecule has 1 amide bonds. The summed E-state index contributed by atoms with van der Waals surface area (Å²) in [7, 11) is 0. The molecule has 1 aromatic heterocycles. The van der Waals surface area contributed by atoms with E-state index in [0.29, 0.717) is 12.1 Å². The summed E-state index contributed by atoms with van der Waals surface area (Å²) in [5.41, 5.74) is 13.0. The van der Waals surface area contributed by atoms with E-state index in [0.717, 1.165) is 4.57 Å². The van der Waals surface area contributed by atoms with Crippen LogP contribution in [0.5, 0.6) is 0 Å². The molecule has 1 aromatic carbocycles. The topological polar surface area (TPSA) is 158 Å². The molecule has 0 fully saturated rings. The van der Waals surface area contributed by atoms with Gasteiger partial charge in [0.25, 0.3) is 0 Å². The number of esters is 1. The van der Waals surface area contributed by atoms with Crippen molar-refractivity contribution >= 4 is 11.9 Å². The van der Waals surface area contributed by atoms with E-state index >= 15 is 0 Å². The second-order valence-corrected chi connectivity index (χ2v) is 9.04. The molecular weight excluding hydrogens is 580 g/mol. The number of halogens is 6. The highest BCUT2D eigenvalue weighted by Gasteiger charge is 2.42. The molecule has 2 heterocycles. The van der Waals surface area contributed by atoms with Gasteiger partial charge in [-0.05, 0) is 23.6 Å². The summed E-state index contributed by atoms with van der Waals surface area (Å²) in [5, 5.41) is 3.28. The van der Waals surface area contributed by atoms with E-state index in [1.807, 2.05) is 0 Å². The van der Waals surface area contributed by atoms with Crippen molar-refractivity contribution in [3.63, 3.8) is 0 Å². The molecule has 0 bridgehead atoms. The van der Waals surface area contributed by atoms with E-state index in [1.54, 1.807) is 0 Å². The van der Waals surface area contributed by atoms with Crippen LogP contribution in [0.3, 0.4) is 0 Å². The number of carbonyl (C=O) groups excluding carboxylic acids is 2. The number of hydrogen-bond donors (Lipinski definition) is 1. The van der Waals surface area contributed by atoms with Crippen LogP contribution in [0.15, 0.2) is 17.2 Å². The van der Waals surface area contributed by atoms with Crippen LogP contribution in [0.4, 0.5) is 26.3 Å². The van der Waals surface area contributed by atoms with Crippen molar-refractivity contribution in [2.45, 2.75) is 38.1 Å². The van der Waals surface area contributed by atoms with E-state index in [-0.39, 0.29) is 76.8 Å². The van der Waals surface area contributed by atoms with E-state index < -0.39 is 59.6 Å². The Labute approximate surface area is 234 Å². The van der Waals surface area contributed by atoms with Crippen LogP contribution in [0, 0.1) is 17.5 Å². The summed E-state index contributed by atoms with van der Waals surface area (Å²) in [6.45, 7) is -0.670. The van der Waals surface area contributed by atoms with Gasteiger partial charge in [0.15, 0.2) is 17.3 Å². The SMILES string of the molecule is [N-]=[N+]=NCCOCCOCCOC(=O)c1nc(C(F)(F)F)n2c1CN(C(=O)C[C@H](N)Cc1cc(F)c(F)cc1F)CC2. The maximum absolute atomic E-state index is 14.0. The van der Waals surface area contributed by atoms with Crippen molar-refractivity contribution in [3.8, 4) is 0 Å². The maximum Gasteiger partial charge on any atom is 0.449 e. The number of hydrogen-bond acceptors (Lipinski definition) is 8. The Morgan fingerprint density at radius 3 is 2.40 bits per heavy atom. The van der Waals surface area contributed by atoms with Gasteiger partial charge in [0.05, 0.1) is 38.7 Å². The van der Waals surface area contributed by atoms with Gasteiger partial charge in [0.1, 0.15) is 12.4 Å². The average molecular weight is 608 g/mol. The van der Waals surface area contributed by atoms with E-state index in [4.69, 9.17) is 25.5 Å². The molecule has 0 unspecified atom stereocenters. The predicted octanol–water partition coefficient (Wildman–Crippen LogP) is 3.12. The van der Waals surface area contributed by atoms with Crippen LogP contribution < -0.4 is 5.73 Å². The van der Waals surface area contributed by atoms with Gasteiger partial charge >= 0.3 is 12.1 Å². The zero-order chi connectivity index (χ0) is 30.9. The molecule has 42 heavy (non-hydrogen) atoms. The average Bonchev–Trinajstić information content (AvgIpc) is 3.32. The lowest BCUT2D eigenvalue weighted by Gasteiger charge is -2.30. The number of carbonyl (C=O) groups is 2. The molecule has 3 rings (SSSR count). The lowest BCUT2D eigenvalue weighted by atomic mass is 10.0. The number of alkyl halides is 3. The monoisotopic (exact) mass is 607 g/mol. The smallest absolute Gasteiger partial charge is 0.449 e. The first-order valence-corrected chi connectivity index (χ1v) is 12.6. The van der Waals surface area contributed by atoms with Crippen LogP contribution in [0.25, 0.3) is 10.4 Å². The first-order valence-electron chi connectivity index (χ1n) is 12.6. The van der Waals surface area contributed by atoms with Crippen LogP contribution in [-0.2, 0) is 44.7 Å². The fourth-order valence-corrected chi connectivity index (χ4v) is 4.12.